The maximum Gasteiger partial charge on any atom is 0.588 e. The van der Waals surface area contributed by atoms with Crippen molar-refractivity contribution in [3.05, 3.63) is 0 Å². The van der Waals surface area contributed by atoms with E-state index in [1.54, 1.807) is 0 Å². The molecule has 0 aromatic heterocycles. The Morgan fingerprint density at radius 2 is 2.36 bits per heavy atom. The molecule has 0 saturated heterocycles. The Kier molecular flexibility index (Phi) is 6.15. The first-order valence-electron chi connectivity index (χ1n) is 3.15. The van der Waals surface area contributed by atoms with Gasteiger partial charge in [-0.15, -0.1) is 0 Å². The van der Waals surface area contributed by atoms with Crippen molar-refractivity contribution in [1.82, 2.24) is 0 Å². The van der Waals surface area contributed by atoms with Crippen molar-refractivity contribution in [3.8, 4) is 0 Å². The molecule has 1 N–H and O–H groups in total. The maximum absolute atomic E-state index is 10.4. The van der Waals surface area contributed by atoms with Crippen molar-refractivity contribution < 1.29 is 13.8 Å². The van der Waals surface area contributed by atoms with Gasteiger partial charge in [0.25, 0.3) is 0 Å². The zero-order chi connectivity index (χ0) is 8.91. The molecule has 3 nitrogen and oxygen atoms in total. The maximum atomic E-state index is 10.4. The van der Waals surface area contributed by atoms with Crippen molar-refractivity contribution in [2.45, 2.75) is 19.8 Å². The molecule has 66 valence electrons. The number of unbranched alkanes of at least 4 members (excludes halogenated alkanes) is 1. The first-order chi connectivity index (χ1) is 4.98. The van der Waals surface area contributed by atoms with Crippen LogP contribution in [0.15, 0.2) is 0 Å². The SMILES string of the molecule is CCCCP(O)(=S)O[P+](=O)S. The van der Waals surface area contributed by atoms with Gasteiger partial charge >= 0.3 is 7.23 Å². The van der Waals surface area contributed by atoms with Crippen LogP contribution < -0.4 is 0 Å². The highest BCUT2D eigenvalue weighted by Gasteiger charge is 2.25. The summed E-state index contributed by atoms with van der Waals surface area (Å²) < 4.78 is 15.0. The molecule has 0 fully saturated rings. The Hall–Kier alpha value is 1.02. The predicted molar refractivity (Wildman–Crippen MR) is 54.0 cm³/mol. The summed E-state index contributed by atoms with van der Waals surface area (Å²) in [5, 5.41) is 0. The first-order valence-corrected chi connectivity index (χ1v) is 8.34. The van der Waals surface area contributed by atoms with E-state index in [9.17, 15) is 9.46 Å². The van der Waals surface area contributed by atoms with E-state index in [2.05, 4.69) is 16.6 Å². The van der Waals surface area contributed by atoms with Gasteiger partial charge in [0, 0.05) is 6.16 Å². The molecule has 0 aliphatic carbocycles. The summed E-state index contributed by atoms with van der Waals surface area (Å²) in [6.07, 6.45) is 2.15. The van der Waals surface area contributed by atoms with Gasteiger partial charge in [0.1, 0.15) is 12.2 Å². The third-order valence-corrected chi connectivity index (χ3v) is 5.26. The van der Waals surface area contributed by atoms with Gasteiger partial charge in [-0.3, -0.25) is 0 Å². The fourth-order valence-corrected chi connectivity index (χ4v) is 4.89. The van der Waals surface area contributed by atoms with Gasteiger partial charge < -0.3 is 4.89 Å². The Morgan fingerprint density at radius 1 is 1.82 bits per heavy atom. The standard InChI is InChI=1S/C4H10O3P2S2/c1-2-3-4-9(6,11)7-8(5)10/h2-4H2,1H3,(H-,5,6,10,11)/p+1. The van der Waals surface area contributed by atoms with Crippen LogP contribution in [0, 0.1) is 0 Å². The minimum Gasteiger partial charge on any atom is -0.342 e. The largest absolute Gasteiger partial charge is 0.588 e. The molecule has 0 amide bonds. The molecule has 0 radical (unpaired) electrons. The van der Waals surface area contributed by atoms with E-state index in [4.69, 9.17) is 11.8 Å². The molecule has 7 heteroatoms. The monoisotopic (exact) mass is 233 g/mol. The van der Waals surface area contributed by atoms with Crippen LogP contribution in [0.2, 0.25) is 0 Å². The van der Waals surface area contributed by atoms with E-state index >= 15 is 0 Å². The summed E-state index contributed by atoms with van der Waals surface area (Å²) in [6, 6.07) is 0. The van der Waals surface area contributed by atoms with Crippen molar-refractivity contribution in [2.24, 2.45) is 0 Å². The summed E-state index contributed by atoms with van der Waals surface area (Å²) >= 11 is 8.20. The molecule has 0 aliphatic heterocycles. The topological polar surface area (TPSA) is 46.5 Å². The van der Waals surface area contributed by atoms with E-state index in [1.807, 2.05) is 6.92 Å². The van der Waals surface area contributed by atoms with E-state index in [-0.39, 0.29) is 0 Å². The van der Waals surface area contributed by atoms with Gasteiger partial charge in [0.15, 0.2) is 0 Å². The fraction of sp³-hybridized carbons (Fsp3) is 1.00. The van der Waals surface area contributed by atoms with Gasteiger partial charge in [-0.25, -0.2) is 0 Å². The molecule has 2 atom stereocenters. The third-order valence-electron chi connectivity index (χ3n) is 0.992. The van der Waals surface area contributed by atoms with E-state index in [0.717, 1.165) is 12.8 Å². The molecular weight excluding hydrogens is 222 g/mol. The van der Waals surface area contributed by atoms with Crippen molar-refractivity contribution >= 4 is 37.8 Å². The average Bonchev–Trinajstić information content (AvgIpc) is 1.81. The second-order valence-electron chi connectivity index (χ2n) is 2.03. The molecule has 0 saturated carbocycles. The summed E-state index contributed by atoms with van der Waals surface area (Å²) in [4.78, 5) is 9.29. The van der Waals surface area contributed by atoms with Gasteiger partial charge in [-0.1, -0.05) is 17.7 Å². The number of hydrogen-bond acceptors (Lipinski definition) is 3. The number of thiol groups is 1. The van der Waals surface area contributed by atoms with Gasteiger partial charge in [-0.05, 0) is 22.8 Å². The van der Waals surface area contributed by atoms with Gasteiger partial charge in [0.05, 0.1) is 0 Å². The Morgan fingerprint density at radius 3 is 2.73 bits per heavy atom. The first kappa shape index (κ1) is 12.0. The second kappa shape index (κ2) is 5.63. The Balaban J connectivity index is 3.80. The molecule has 2 unspecified atom stereocenters. The summed E-state index contributed by atoms with van der Waals surface area (Å²) in [6.45, 7) is -0.810. The van der Waals surface area contributed by atoms with Crippen LogP contribution in [0.4, 0.5) is 0 Å². The molecular formula is C4H11O3P2S2+. The summed E-state index contributed by atoms with van der Waals surface area (Å²) in [7, 11) is -2.07. The second-order valence-corrected chi connectivity index (χ2v) is 7.58. The molecule has 0 spiro atoms. The average molecular weight is 233 g/mol. The highest BCUT2D eigenvalue weighted by Crippen LogP contribution is 2.53. The van der Waals surface area contributed by atoms with E-state index < -0.39 is 13.7 Å². The lowest BCUT2D eigenvalue weighted by atomic mass is 10.4. The van der Waals surface area contributed by atoms with E-state index in [0.29, 0.717) is 6.16 Å². The highest BCUT2D eigenvalue weighted by atomic mass is 32.7. The Labute approximate surface area is 77.7 Å². The lowest BCUT2D eigenvalue weighted by Gasteiger charge is -2.04. The molecule has 0 heterocycles. The van der Waals surface area contributed by atoms with Crippen molar-refractivity contribution in [2.75, 3.05) is 6.16 Å². The molecule has 11 heavy (non-hydrogen) atoms. The van der Waals surface area contributed by atoms with Crippen molar-refractivity contribution in [1.29, 1.82) is 0 Å². The highest BCUT2D eigenvalue weighted by molar-refractivity contribution is 8.40. The summed E-state index contributed by atoms with van der Waals surface area (Å²) in [5.74, 6) is 0. The Bertz CT molecular complexity index is 184. The normalized spacial score (nSPS) is 17.5. The fourth-order valence-electron chi connectivity index (χ4n) is 0.508. The molecule has 0 aromatic rings. The van der Waals surface area contributed by atoms with Crippen LogP contribution in [0.25, 0.3) is 0 Å². The minimum atomic E-state index is -2.79. The number of rotatable bonds is 5. The van der Waals surface area contributed by atoms with Crippen LogP contribution in [0.3, 0.4) is 0 Å². The van der Waals surface area contributed by atoms with Gasteiger partial charge in [0.2, 0.25) is 6.49 Å². The summed E-state index contributed by atoms with van der Waals surface area (Å²) in [5.41, 5.74) is 0. The van der Waals surface area contributed by atoms with Crippen LogP contribution >= 0.6 is 26.0 Å². The van der Waals surface area contributed by atoms with Crippen LogP contribution in [-0.2, 0) is 20.7 Å². The lowest BCUT2D eigenvalue weighted by Crippen LogP contribution is -1.87. The smallest absolute Gasteiger partial charge is 0.342 e. The van der Waals surface area contributed by atoms with Crippen molar-refractivity contribution in [3.63, 3.8) is 0 Å². The lowest BCUT2D eigenvalue weighted by molar-refractivity contribution is 0.479. The minimum absolute atomic E-state index is 0.417. The van der Waals surface area contributed by atoms with Gasteiger partial charge in [-0.2, -0.15) is 0 Å². The molecule has 0 aliphatic rings. The zero-order valence-corrected chi connectivity index (χ0v) is 9.63. The number of hydrogen-bond donors (Lipinski definition) is 2. The molecule has 0 bridgehead atoms. The van der Waals surface area contributed by atoms with Crippen LogP contribution in [0.1, 0.15) is 19.8 Å². The zero-order valence-electron chi connectivity index (χ0n) is 6.13. The third kappa shape index (κ3) is 7.38. The predicted octanol–water partition coefficient (Wildman–Crippen LogP) is 2.69. The van der Waals surface area contributed by atoms with Crippen LogP contribution in [0.5, 0.6) is 0 Å². The van der Waals surface area contributed by atoms with E-state index in [1.165, 1.54) is 0 Å². The molecule has 0 aromatic carbocycles. The molecule has 0 rings (SSSR count). The van der Waals surface area contributed by atoms with Crippen LogP contribution in [-0.4, -0.2) is 11.1 Å². The quantitative estimate of drug-likeness (QED) is 0.566.